The van der Waals surface area contributed by atoms with Gasteiger partial charge in [-0.2, -0.15) is 0 Å². The minimum absolute atomic E-state index is 0.361. The molecule has 0 spiro atoms. The molecule has 0 bridgehead atoms. The molecule has 0 aromatic heterocycles. The van der Waals surface area contributed by atoms with Gasteiger partial charge in [0.05, 0.1) is 5.69 Å². The second-order valence-corrected chi connectivity index (χ2v) is 9.87. The van der Waals surface area contributed by atoms with Gasteiger partial charge in [0, 0.05) is 18.2 Å². The van der Waals surface area contributed by atoms with E-state index in [1.807, 2.05) is 26.0 Å². The van der Waals surface area contributed by atoms with Crippen LogP contribution in [0.4, 0.5) is 5.69 Å². The van der Waals surface area contributed by atoms with Crippen LogP contribution in [0.1, 0.15) is 79.6 Å². The quantitative estimate of drug-likeness (QED) is 0.344. The van der Waals surface area contributed by atoms with Crippen LogP contribution in [-0.2, 0) is 25.8 Å². The number of carbonyl (C=O) groups excluding carboxylic acids is 1. The second-order valence-electron chi connectivity index (χ2n) is 9.87. The molecule has 5 rings (SSSR count). The molecule has 0 saturated heterocycles. The molecule has 1 aliphatic carbocycles. The number of aliphatic imine (C=N–C) groups is 1. The number of fused-ring (bicyclic) bond motifs is 2. The fourth-order valence-corrected chi connectivity index (χ4v) is 5.09. The maximum absolute atomic E-state index is 10.9. The van der Waals surface area contributed by atoms with Gasteiger partial charge < -0.3 is 10.6 Å². The molecule has 4 nitrogen and oxygen atoms in total. The van der Waals surface area contributed by atoms with E-state index in [0.717, 1.165) is 42.8 Å². The highest BCUT2D eigenvalue weighted by Gasteiger charge is 2.30. The van der Waals surface area contributed by atoms with E-state index in [-0.39, 0.29) is 0 Å². The van der Waals surface area contributed by atoms with Gasteiger partial charge in [-0.3, -0.25) is 4.79 Å². The third kappa shape index (κ3) is 7.79. The van der Waals surface area contributed by atoms with Gasteiger partial charge in [0.15, 0.2) is 5.96 Å². The molecule has 2 N–H and O–H groups in total. The molecule has 0 amide bonds. The number of hydrogen-bond donors (Lipinski definition) is 1. The first-order chi connectivity index (χ1) is 18.1. The lowest BCUT2D eigenvalue weighted by Gasteiger charge is -2.33. The Kier molecular flexibility index (Phi) is 10.9. The van der Waals surface area contributed by atoms with E-state index in [9.17, 15) is 4.79 Å². The summed E-state index contributed by atoms with van der Waals surface area (Å²) < 4.78 is 0. The van der Waals surface area contributed by atoms with E-state index < -0.39 is 0 Å². The van der Waals surface area contributed by atoms with Crippen molar-refractivity contribution in [3.8, 4) is 0 Å². The number of unbranched alkanes of at least 4 members (excludes halogenated alkanes) is 1. The molecule has 0 fully saturated rings. The highest BCUT2D eigenvalue weighted by molar-refractivity contribution is 5.86. The Hall–Kier alpha value is -3.40. The molecule has 3 aromatic carbocycles. The summed E-state index contributed by atoms with van der Waals surface area (Å²) >= 11 is 0. The van der Waals surface area contributed by atoms with E-state index in [0.29, 0.717) is 17.6 Å². The van der Waals surface area contributed by atoms with E-state index in [4.69, 9.17) is 5.73 Å². The summed E-state index contributed by atoms with van der Waals surface area (Å²) in [6, 6.07) is 25.3. The molecule has 1 heterocycles. The smallest absolute Gasteiger partial charge is 0.197 e. The summed E-state index contributed by atoms with van der Waals surface area (Å²) in [5, 5.41) is 0. The number of rotatable bonds is 7. The SMILES string of the molecule is CC.CCCCC(C)Cc1ccccc1.NC1=Nc2cc(C=O)ccc2CN1C1Cc2ccccc2C1. The minimum atomic E-state index is 0.361. The maximum Gasteiger partial charge on any atom is 0.197 e. The van der Waals surface area contributed by atoms with Crippen molar-refractivity contribution in [2.75, 3.05) is 0 Å². The number of aldehydes is 1. The van der Waals surface area contributed by atoms with Crippen LogP contribution in [0.3, 0.4) is 0 Å². The Bertz CT molecular complexity index is 1130. The average molecular weight is 498 g/mol. The molecule has 0 radical (unpaired) electrons. The predicted octanol–water partition coefficient (Wildman–Crippen LogP) is 7.51. The summed E-state index contributed by atoms with van der Waals surface area (Å²) in [4.78, 5) is 17.6. The van der Waals surface area contributed by atoms with Gasteiger partial charge in [0.1, 0.15) is 6.29 Å². The van der Waals surface area contributed by atoms with E-state index in [1.54, 1.807) is 6.07 Å². The van der Waals surface area contributed by atoms with Crippen LogP contribution in [-0.4, -0.2) is 23.2 Å². The molecule has 1 atom stereocenters. The highest BCUT2D eigenvalue weighted by atomic mass is 16.1. The number of nitrogens with zero attached hydrogens (tertiary/aromatic N) is 2. The fourth-order valence-electron chi connectivity index (χ4n) is 5.09. The van der Waals surface area contributed by atoms with E-state index in [2.05, 4.69) is 78.3 Å². The number of guanidine groups is 1. The first-order valence-electron chi connectivity index (χ1n) is 13.9. The van der Waals surface area contributed by atoms with E-state index in [1.165, 1.54) is 42.4 Å². The predicted molar refractivity (Wildman–Crippen MR) is 156 cm³/mol. The number of hydrogen-bond acceptors (Lipinski definition) is 4. The lowest BCUT2D eigenvalue weighted by Crippen LogP contribution is -2.46. The Labute approximate surface area is 223 Å². The molecule has 1 aliphatic heterocycles. The van der Waals surface area contributed by atoms with Gasteiger partial charge in [-0.05, 0) is 53.5 Å². The van der Waals surface area contributed by atoms with Crippen LogP contribution in [0.15, 0.2) is 77.8 Å². The van der Waals surface area contributed by atoms with Crippen LogP contribution in [0.2, 0.25) is 0 Å². The molecule has 37 heavy (non-hydrogen) atoms. The van der Waals surface area contributed by atoms with Crippen LogP contribution in [0.25, 0.3) is 0 Å². The molecule has 0 saturated carbocycles. The molecule has 196 valence electrons. The Morgan fingerprint density at radius 2 is 1.62 bits per heavy atom. The lowest BCUT2D eigenvalue weighted by molar-refractivity contribution is 0.112. The van der Waals surface area contributed by atoms with Gasteiger partial charge in [0.2, 0.25) is 0 Å². The summed E-state index contributed by atoms with van der Waals surface area (Å²) in [5.41, 5.74) is 13.0. The number of benzene rings is 3. The van der Waals surface area contributed by atoms with Gasteiger partial charge >= 0.3 is 0 Å². The zero-order chi connectivity index (χ0) is 26.6. The largest absolute Gasteiger partial charge is 0.369 e. The van der Waals surface area contributed by atoms with Gasteiger partial charge in [-0.15, -0.1) is 0 Å². The minimum Gasteiger partial charge on any atom is -0.369 e. The summed E-state index contributed by atoms with van der Waals surface area (Å²) in [6.45, 7) is 9.36. The Balaban J connectivity index is 0.000000218. The van der Waals surface area contributed by atoms with Crippen molar-refractivity contribution in [3.63, 3.8) is 0 Å². The normalized spacial score (nSPS) is 14.7. The van der Waals surface area contributed by atoms with Crippen molar-refractivity contribution in [1.29, 1.82) is 0 Å². The standard InChI is InChI=1S/C18H17N3O.C13H20.C2H6/c19-18-20-17-7-12(11-22)5-6-15(17)10-21(18)16-8-13-3-1-2-4-14(13)9-16;1-3-4-8-12(2)11-13-9-6-5-7-10-13;1-2/h1-7,11,16H,8-10H2,(H2,19,20);5-7,9-10,12H,3-4,8,11H2,1-2H3;1-2H3. The number of nitrogens with two attached hydrogens (primary N) is 1. The average Bonchev–Trinajstić information content (AvgIpc) is 3.37. The first kappa shape index (κ1) is 28.2. The summed E-state index contributed by atoms with van der Waals surface area (Å²) in [6.07, 6.45) is 8.15. The van der Waals surface area contributed by atoms with Crippen molar-refractivity contribution in [2.45, 2.75) is 78.8 Å². The third-order valence-corrected chi connectivity index (χ3v) is 7.06. The van der Waals surface area contributed by atoms with Gasteiger partial charge in [-0.1, -0.05) is 114 Å². The zero-order valence-electron chi connectivity index (χ0n) is 23.0. The Morgan fingerprint density at radius 3 is 2.24 bits per heavy atom. The zero-order valence-corrected chi connectivity index (χ0v) is 23.0. The van der Waals surface area contributed by atoms with Crippen molar-refractivity contribution in [2.24, 2.45) is 16.6 Å². The molecular weight excluding hydrogens is 454 g/mol. The fraction of sp³-hybridized carbons (Fsp3) is 0.394. The van der Waals surface area contributed by atoms with Gasteiger partial charge in [0.25, 0.3) is 0 Å². The van der Waals surface area contributed by atoms with E-state index >= 15 is 0 Å². The first-order valence-corrected chi connectivity index (χ1v) is 13.9. The van der Waals surface area contributed by atoms with Crippen molar-refractivity contribution < 1.29 is 4.79 Å². The molecule has 1 unspecified atom stereocenters. The molecule has 2 aliphatic rings. The number of carbonyl (C=O) groups is 1. The summed E-state index contributed by atoms with van der Waals surface area (Å²) in [7, 11) is 0. The van der Waals surface area contributed by atoms with Crippen LogP contribution < -0.4 is 5.73 Å². The van der Waals surface area contributed by atoms with Crippen molar-refractivity contribution >= 4 is 17.9 Å². The molecule has 4 heteroatoms. The lowest BCUT2D eigenvalue weighted by atomic mass is 9.96. The van der Waals surface area contributed by atoms with Crippen LogP contribution >= 0.6 is 0 Å². The monoisotopic (exact) mass is 497 g/mol. The molecular formula is C33H43N3O. The topological polar surface area (TPSA) is 58.7 Å². The highest BCUT2D eigenvalue weighted by Crippen LogP contribution is 2.31. The van der Waals surface area contributed by atoms with Gasteiger partial charge in [-0.25, -0.2) is 4.99 Å². The molecule has 3 aromatic rings. The Morgan fingerprint density at radius 1 is 0.973 bits per heavy atom. The summed E-state index contributed by atoms with van der Waals surface area (Å²) in [5.74, 6) is 1.38. The second kappa shape index (κ2) is 14.4. The van der Waals surface area contributed by atoms with Crippen LogP contribution in [0.5, 0.6) is 0 Å². The van der Waals surface area contributed by atoms with Crippen LogP contribution in [0, 0.1) is 5.92 Å². The maximum atomic E-state index is 10.9. The van der Waals surface area contributed by atoms with Crippen molar-refractivity contribution in [3.05, 3.63) is 101 Å². The third-order valence-electron chi connectivity index (χ3n) is 7.06. The van der Waals surface area contributed by atoms with Crippen molar-refractivity contribution in [1.82, 2.24) is 4.90 Å².